The van der Waals surface area contributed by atoms with Gasteiger partial charge >= 0.3 is 6.03 Å². The molecule has 0 unspecified atom stereocenters. The second kappa shape index (κ2) is 7.61. The van der Waals surface area contributed by atoms with Gasteiger partial charge in [-0.15, -0.1) is 0 Å². The molecule has 4 nitrogen and oxygen atoms in total. The lowest BCUT2D eigenvalue weighted by Gasteiger charge is -2.19. The fraction of sp³-hybridized carbons (Fsp3) is 0.278. The van der Waals surface area contributed by atoms with Crippen molar-refractivity contribution < 1.29 is 9.90 Å². The van der Waals surface area contributed by atoms with Gasteiger partial charge in [0.15, 0.2) is 0 Å². The van der Waals surface area contributed by atoms with E-state index in [4.69, 9.17) is 0 Å². The predicted molar refractivity (Wildman–Crippen MR) is 89.0 cm³/mol. The van der Waals surface area contributed by atoms with Crippen molar-refractivity contribution in [1.82, 2.24) is 5.32 Å². The van der Waals surface area contributed by atoms with E-state index in [9.17, 15) is 9.90 Å². The molecular weight excluding hydrogens is 276 g/mol. The van der Waals surface area contributed by atoms with E-state index in [1.54, 1.807) is 0 Å². The number of urea groups is 1. The molecule has 0 aliphatic rings. The van der Waals surface area contributed by atoms with Gasteiger partial charge in [-0.3, -0.25) is 0 Å². The fourth-order valence-electron chi connectivity index (χ4n) is 2.41. The molecule has 22 heavy (non-hydrogen) atoms. The quantitative estimate of drug-likeness (QED) is 0.790. The van der Waals surface area contributed by atoms with E-state index < -0.39 is 0 Å². The number of nitrogens with one attached hydrogen (secondary N) is 2. The number of aryl methyl sites for hydroxylation is 2. The average molecular weight is 298 g/mol. The van der Waals surface area contributed by atoms with Crippen molar-refractivity contribution in [2.75, 3.05) is 11.9 Å². The number of aliphatic hydroxyl groups is 1. The minimum absolute atomic E-state index is 0.0173. The van der Waals surface area contributed by atoms with Gasteiger partial charge in [-0.1, -0.05) is 48.0 Å². The van der Waals surface area contributed by atoms with Gasteiger partial charge in [0.05, 0.1) is 6.04 Å². The summed E-state index contributed by atoms with van der Waals surface area (Å²) in [4.78, 5) is 12.2. The molecule has 0 aliphatic heterocycles. The molecule has 3 N–H and O–H groups in total. The second-order valence-electron chi connectivity index (χ2n) is 5.39. The Morgan fingerprint density at radius 2 is 1.86 bits per heavy atom. The van der Waals surface area contributed by atoms with Crippen LogP contribution < -0.4 is 10.6 Å². The molecule has 0 aromatic heterocycles. The summed E-state index contributed by atoms with van der Waals surface area (Å²) < 4.78 is 0. The minimum atomic E-state index is -0.269. The van der Waals surface area contributed by atoms with Crippen LogP contribution in [0, 0.1) is 13.8 Å². The maximum absolute atomic E-state index is 12.2. The first-order chi connectivity index (χ1) is 10.6. The first-order valence-corrected chi connectivity index (χ1v) is 7.40. The molecule has 0 spiro atoms. The number of carbonyl (C=O) groups excluding carboxylic acids is 1. The molecule has 0 radical (unpaired) electrons. The van der Waals surface area contributed by atoms with E-state index in [0.717, 1.165) is 22.4 Å². The van der Waals surface area contributed by atoms with Gasteiger partial charge in [-0.25, -0.2) is 4.79 Å². The van der Waals surface area contributed by atoms with Crippen LogP contribution >= 0.6 is 0 Å². The van der Waals surface area contributed by atoms with Gasteiger partial charge in [0.2, 0.25) is 0 Å². The van der Waals surface area contributed by atoms with E-state index in [1.807, 2.05) is 62.4 Å². The second-order valence-corrected chi connectivity index (χ2v) is 5.39. The SMILES string of the molecule is Cc1ccc(NC(=O)N[C@H](CCO)c2ccccc2)c(C)c1. The zero-order valence-electron chi connectivity index (χ0n) is 13.0. The van der Waals surface area contributed by atoms with Crippen molar-refractivity contribution in [1.29, 1.82) is 0 Å². The average Bonchev–Trinajstić information content (AvgIpc) is 2.50. The van der Waals surface area contributed by atoms with Crippen molar-refractivity contribution in [3.05, 3.63) is 65.2 Å². The summed E-state index contributed by atoms with van der Waals surface area (Å²) in [5.41, 5.74) is 3.95. The summed E-state index contributed by atoms with van der Waals surface area (Å²) >= 11 is 0. The number of amides is 2. The third kappa shape index (κ3) is 4.33. The minimum Gasteiger partial charge on any atom is -0.396 e. The van der Waals surface area contributed by atoms with Crippen molar-refractivity contribution in [3.8, 4) is 0 Å². The molecule has 2 aromatic carbocycles. The number of carbonyl (C=O) groups is 1. The van der Waals surface area contributed by atoms with Crippen molar-refractivity contribution in [2.45, 2.75) is 26.3 Å². The lowest BCUT2D eigenvalue weighted by atomic mass is 10.0. The topological polar surface area (TPSA) is 61.4 Å². The van der Waals surface area contributed by atoms with Gasteiger partial charge in [-0.2, -0.15) is 0 Å². The van der Waals surface area contributed by atoms with Gasteiger partial charge in [0, 0.05) is 12.3 Å². The molecule has 4 heteroatoms. The number of aliphatic hydroxyl groups excluding tert-OH is 1. The van der Waals surface area contributed by atoms with Crippen molar-refractivity contribution in [3.63, 3.8) is 0 Å². The highest BCUT2D eigenvalue weighted by molar-refractivity contribution is 5.90. The summed E-state index contributed by atoms with van der Waals surface area (Å²) in [6.45, 7) is 4.00. The molecule has 2 aromatic rings. The maximum Gasteiger partial charge on any atom is 0.319 e. The first kappa shape index (κ1) is 16.0. The smallest absolute Gasteiger partial charge is 0.319 e. The monoisotopic (exact) mass is 298 g/mol. The number of benzene rings is 2. The third-order valence-electron chi connectivity index (χ3n) is 3.56. The Kier molecular flexibility index (Phi) is 5.55. The summed E-state index contributed by atoms with van der Waals surface area (Å²) in [7, 11) is 0. The Labute approximate surface area is 131 Å². The van der Waals surface area contributed by atoms with Gasteiger partial charge in [-0.05, 0) is 37.5 Å². The molecule has 0 aliphatic carbocycles. The van der Waals surface area contributed by atoms with E-state index in [-0.39, 0.29) is 18.7 Å². The van der Waals surface area contributed by atoms with E-state index >= 15 is 0 Å². The van der Waals surface area contributed by atoms with Crippen LogP contribution in [0.1, 0.15) is 29.2 Å². The lowest BCUT2D eigenvalue weighted by molar-refractivity contribution is 0.239. The van der Waals surface area contributed by atoms with Gasteiger partial charge in [0.25, 0.3) is 0 Å². The zero-order chi connectivity index (χ0) is 15.9. The van der Waals surface area contributed by atoms with Crippen LogP contribution in [0.25, 0.3) is 0 Å². The molecule has 2 rings (SSSR count). The summed E-state index contributed by atoms with van der Waals surface area (Å²) in [6.07, 6.45) is 0.477. The summed E-state index contributed by atoms with van der Waals surface area (Å²) in [5, 5.41) is 15.0. The Morgan fingerprint density at radius 1 is 1.14 bits per heavy atom. The Morgan fingerprint density at radius 3 is 2.50 bits per heavy atom. The molecule has 0 saturated heterocycles. The van der Waals surface area contributed by atoms with Crippen LogP contribution in [0.3, 0.4) is 0 Å². The van der Waals surface area contributed by atoms with Crippen LogP contribution in [0.2, 0.25) is 0 Å². The molecule has 0 fully saturated rings. The number of hydrogen-bond donors (Lipinski definition) is 3. The Hall–Kier alpha value is -2.33. The van der Waals surface area contributed by atoms with E-state index in [2.05, 4.69) is 10.6 Å². The molecular formula is C18H22N2O2. The number of anilines is 1. The largest absolute Gasteiger partial charge is 0.396 e. The summed E-state index contributed by atoms with van der Waals surface area (Å²) in [5.74, 6) is 0. The maximum atomic E-state index is 12.2. The van der Waals surface area contributed by atoms with Crippen LogP contribution in [0.15, 0.2) is 48.5 Å². The standard InChI is InChI=1S/C18H22N2O2/c1-13-8-9-16(14(2)12-13)19-18(22)20-17(10-11-21)15-6-4-3-5-7-15/h3-9,12,17,21H,10-11H2,1-2H3,(H2,19,20,22)/t17-/m1/s1. The zero-order valence-corrected chi connectivity index (χ0v) is 13.0. The van der Waals surface area contributed by atoms with Crippen LogP contribution in [-0.2, 0) is 0 Å². The number of hydrogen-bond acceptors (Lipinski definition) is 2. The van der Waals surface area contributed by atoms with Crippen LogP contribution in [0.5, 0.6) is 0 Å². The molecule has 2 amide bonds. The van der Waals surface area contributed by atoms with E-state index in [0.29, 0.717) is 6.42 Å². The highest BCUT2D eigenvalue weighted by Crippen LogP contribution is 2.18. The predicted octanol–water partition coefficient (Wildman–Crippen LogP) is 3.55. The molecule has 0 bridgehead atoms. The summed E-state index contributed by atoms with van der Waals surface area (Å²) in [6, 6.07) is 15.1. The molecule has 1 atom stereocenters. The third-order valence-corrected chi connectivity index (χ3v) is 3.56. The molecule has 116 valence electrons. The highest BCUT2D eigenvalue weighted by atomic mass is 16.3. The Balaban J connectivity index is 2.05. The van der Waals surface area contributed by atoms with Crippen molar-refractivity contribution in [2.24, 2.45) is 0 Å². The fourth-order valence-corrected chi connectivity index (χ4v) is 2.41. The van der Waals surface area contributed by atoms with Gasteiger partial charge in [0.1, 0.15) is 0 Å². The van der Waals surface area contributed by atoms with E-state index in [1.165, 1.54) is 0 Å². The van der Waals surface area contributed by atoms with Crippen LogP contribution in [0.4, 0.5) is 10.5 Å². The normalized spacial score (nSPS) is 11.8. The number of rotatable bonds is 5. The molecule has 0 saturated carbocycles. The van der Waals surface area contributed by atoms with Gasteiger partial charge < -0.3 is 15.7 Å². The molecule has 0 heterocycles. The lowest BCUT2D eigenvalue weighted by Crippen LogP contribution is -2.33. The first-order valence-electron chi connectivity index (χ1n) is 7.40. The van der Waals surface area contributed by atoms with Crippen molar-refractivity contribution >= 4 is 11.7 Å². The van der Waals surface area contributed by atoms with Crippen LogP contribution in [-0.4, -0.2) is 17.7 Å². The highest BCUT2D eigenvalue weighted by Gasteiger charge is 2.14. The Bertz CT molecular complexity index is 626.